The summed E-state index contributed by atoms with van der Waals surface area (Å²) in [4.78, 5) is 17.0. The van der Waals surface area contributed by atoms with Gasteiger partial charge in [-0.15, -0.1) is 0 Å². The molecular formula is C25H23N3O4S. The van der Waals surface area contributed by atoms with E-state index in [0.717, 1.165) is 12.0 Å². The Morgan fingerprint density at radius 1 is 1.15 bits per heavy atom. The van der Waals surface area contributed by atoms with E-state index in [2.05, 4.69) is 15.6 Å². The number of rotatable bonds is 6. The first-order valence-electron chi connectivity index (χ1n) is 10.5. The Balaban J connectivity index is 1.43. The average molecular weight is 462 g/mol. The maximum atomic E-state index is 12.5. The molecule has 7 nitrogen and oxygen atoms in total. The van der Waals surface area contributed by atoms with Gasteiger partial charge in [0.1, 0.15) is 17.0 Å². The molecule has 4 aromatic rings. The summed E-state index contributed by atoms with van der Waals surface area (Å²) in [5.74, 6) is 0.550. The molecule has 1 heterocycles. The molecule has 1 amide bonds. The first kappa shape index (κ1) is 22.3. The van der Waals surface area contributed by atoms with Gasteiger partial charge in [0.25, 0.3) is 5.91 Å². The molecule has 33 heavy (non-hydrogen) atoms. The highest BCUT2D eigenvalue weighted by atomic mass is 32.1. The zero-order valence-corrected chi connectivity index (χ0v) is 19.0. The topological polar surface area (TPSA) is 96.6 Å². The van der Waals surface area contributed by atoms with Crippen LogP contribution in [0.1, 0.15) is 29.3 Å². The molecule has 0 saturated carbocycles. The van der Waals surface area contributed by atoms with Gasteiger partial charge in [0.15, 0.2) is 10.7 Å². The van der Waals surface area contributed by atoms with Gasteiger partial charge in [0.05, 0.1) is 12.2 Å². The van der Waals surface area contributed by atoms with Gasteiger partial charge in [-0.2, -0.15) is 0 Å². The molecule has 4 rings (SSSR count). The van der Waals surface area contributed by atoms with Crippen molar-refractivity contribution < 1.29 is 19.1 Å². The molecular weight excluding hydrogens is 438 g/mol. The molecule has 0 radical (unpaired) electrons. The van der Waals surface area contributed by atoms with E-state index in [1.165, 1.54) is 6.07 Å². The number of aromatic nitrogens is 1. The van der Waals surface area contributed by atoms with Gasteiger partial charge in [0, 0.05) is 17.3 Å². The zero-order chi connectivity index (χ0) is 23.4. The molecule has 3 N–H and O–H groups in total. The van der Waals surface area contributed by atoms with Gasteiger partial charge in [-0.25, -0.2) is 4.98 Å². The standard InChI is InChI=1S/C25H23N3O4S/c1-3-11-31-18-6-4-5-16(13-18)23(30)28-25(33)26-17-8-9-19(21(29)14-17)24-27-20-10-7-15(2)12-22(20)32-24/h4-10,12-14,29H,3,11H2,1-2H3,(H2,26,28,30,33). The van der Waals surface area contributed by atoms with Crippen LogP contribution >= 0.6 is 12.2 Å². The third kappa shape index (κ3) is 5.30. The fourth-order valence-electron chi connectivity index (χ4n) is 3.22. The molecule has 0 fully saturated rings. The quantitative estimate of drug-likeness (QED) is 0.330. The number of oxazole rings is 1. The van der Waals surface area contributed by atoms with Crippen molar-refractivity contribution >= 4 is 40.0 Å². The SMILES string of the molecule is CCCOc1cccc(C(=O)NC(=S)Nc2ccc(-c3nc4ccc(C)cc4o3)c(O)c2)c1. The molecule has 8 heteroatoms. The molecule has 168 valence electrons. The Kier molecular flexibility index (Phi) is 6.55. The normalized spacial score (nSPS) is 10.7. The molecule has 3 aromatic carbocycles. The highest BCUT2D eigenvalue weighted by Crippen LogP contribution is 2.33. The number of benzene rings is 3. The van der Waals surface area contributed by atoms with Crippen LogP contribution in [0.4, 0.5) is 5.69 Å². The molecule has 0 saturated heterocycles. The van der Waals surface area contributed by atoms with Crippen LogP contribution in [0.3, 0.4) is 0 Å². The first-order chi connectivity index (χ1) is 15.9. The number of ether oxygens (including phenoxy) is 1. The summed E-state index contributed by atoms with van der Waals surface area (Å²) in [5, 5.41) is 16.1. The fourth-order valence-corrected chi connectivity index (χ4v) is 3.43. The number of hydrogen-bond donors (Lipinski definition) is 3. The zero-order valence-electron chi connectivity index (χ0n) is 18.2. The third-order valence-electron chi connectivity index (χ3n) is 4.83. The van der Waals surface area contributed by atoms with Crippen LogP contribution in [0.5, 0.6) is 11.5 Å². The van der Waals surface area contributed by atoms with E-state index >= 15 is 0 Å². The van der Waals surface area contributed by atoms with Crippen molar-refractivity contribution in [1.29, 1.82) is 0 Å². The summed E-state index contributed by atoms with van der Waals surface area (Å²) >= 11 is 5.25. The molecule has 0 aliphatic rings. The summed E-state index contributed by atoms with van der Waals surface area (Å²) in [7, 11) is 0. The number of carbonyl (C=O) groups is 1. The van der Waals surface area contributed by atoms with E-state index in [4.69, 9.17) is 21.4 Å². The second-order valence-corrected chi connectivity index (χ2v) is 7.91. The number of amides is 1. The minimum Gasteiger partial charge on any atom is -0.507 e. The Bertz CT molecular complexity index is 1330. The van der Waals surface area contributed by atoms with E-state index < -0.39 is 0 Å². The van der Waals surface area contributed by atoms with Crippen molar-refractivity contribution in [1.82, 2.24) is 10.3 Å². The number of thiocarbonyl (C=S) groups is 1. The van der Waals surface area contributed by atoms with Crippen LogP contribution in [0.15, 0.2) is 65.1 Å². The maximum Gasteiger partial charge on any atom is 0.257 e. The maximum absolute atomic E-state index is 12.5. The van der Waals surface area contributed by atoms with Gasteiger partial charge < -0.3 is 19.6 Å². The number of anilines is 1. The average Bonchev–Trinajstić information content (AvgIpc) is 3.20. The van der Waals surface area contributed by atoms with Gasteiger partial charge in [-0.05, 0) is 73.6 Å². The van der Waals surface area contributed by atoms with Crippen LogP contribution in [-0.2, 0) is 0 Å². The van der Waals surface area contributed by atoms with Crippen LogP contribution in [-0.4, -0.2) is 27.7 Å². The largest absolute Gasteiger partial charge is 0.507 e. The van der Waals surface area contributed by atoms with Gasteiger partial charge >= 0.3 is 0 Å². The second kappa shape index (κ2) is 9.70. The van der Waals surface area contributed by atoms with E-state index in [1.807, 2.05) is 32.0 Å². The number of carbonyl (C=O) groups excluding carboxylic acids is 1. The summed E-state index contributed by atoms with van der Waals surface area (Å²) in [6.07, 6.45) is 0.877. The van der Waals surface area contributed by atoms with Crippen LogP contribution in [0.25, 0.3) is 22.6 Å². The first-order valence-corrected chi connectivity index (χ1v) is 10.9. The smallest absolute Gasteiger partial charge is 0.257 e. The Morgan fingerprint density at radius 2 is 2.00 bits per heavy atom. The predicted octanol–water partition coefficient (Wildman–Crippen LogP) is 5.42. The number of phenolic OH excluding ortho intramolecular Hbond substituents is 1. The molecule has 1 aromatic heterocycles. The fraction of sp³-hybridized carbons (Fsp3) is 0.160. The van der Waals surface area contributed by atoms with Crippen molar-refractivity contribution in [3.63, 3.8) is 0 Å². The summed E-state index contributed by atoms with van der Waals surface area (Å²) in [6, 6.07) is 17.5. The minimum atomic E-state index is -0.364. The van der Waals surface area contributed by atoms with E-state index in [1.54, 1.807) is 36.4 Å². The summed E-state index contributed by atoms with van der Waals surface area (Å²) in [6.45, 7) is 4.56. The van der Waals surface area contributed by atoms with E-state index in [0.29, 0.717) is 46.2 Å². The Labute approximate surface area is 196 Å². The van der Waals surface area contributed by atoms with Gasteiger partial charge in [-0.1, -0.05) is 19.1 Å². The van der Waals surface area contributed by atoms with E-state index in [-0.39, 0.29) is 16.8 Å². The highest BCUT2D eigenvalue weighted by Gasteiger charge is 2.14. The van der Waals surface area contributed by atoms with Crippen molar-refractivity contribution in [3.8, 4) is 23.0 Å². The van der Waals surface area contributed by atoms with Crippen molar-refractivity contribution in [3.05, 3.63) is 71.8 Å². The second-order valence-electron chi connectivity index (χ2n) is 7.51. The minimum absolute atomic E-state index is 0.0295. The van der Waals surface area contributed by atoms with Gasteiger partial charge in [0.2, 0.25) is 5.89 Å². The molecule has 0 bridgehead atoms. The summed E-state index contributed by atoms with van der Waals surface area (Å²) in [5.41, 5.74) is 3.81. The molecule has 0 unspecified atom stereocenters. The lowest BCUT2D eigenvalue weighted by Gasteiger charge is -2.11. The number of nitrogens with zero attached hydrogens (tertiary/aromatic N) is 1. The van der Waals surface area contributed by atoms with Crippen LogP contribution in [0.2, 0.25) is 0 Å². The lowest BCUT2D eigenvalue weighted by molar-refractivity contribution is 0.0977. The number of aromatic hydroxyl groups is 1. The molecule has 0 aliphatic carbocycles. The lowest BCUT2D eigenvalue weighted by atomic mass is 10.2. The van der Waals surface area contributed by atoms with Crippen molar-refractivity contribution in [2.24, 2.45) is 0 Å². The van der Waals surface area contributed by atoms with Gasteiger partial charge in [-0.3, -0.25) is 10.1 Å². The Morgan fingerprint density at radius 3 is 2.79 bits per heavy atom. The number of phenols is 1. The molecule has 0 aliphatic heterocycles. The lowest BCUT2D eigenvalue weighted by Crippen LogP contribution is -2.34. The molecule has 0 spiro atoms. The Hall–Kier alpha value is -3.91. The van der Waals surface area contributed by atoms with Crippen molar-refractivity contribution in [2.45, 2.75) is 20.3 Å². The van der Waals surface area contributed by atoms with Crippen LogP contribution in [0, 0.1) is 6.92 Å². The third-order valence-corrected chi connectivity index (χ3v) is 5.03. The van der Waals surface area contributed by atoms with Crippen molar-refractivity contribution in [2.75, 3.05) is 11.9 Å². The predicted molar refractivity (Wildman–Crippen MR) is 132 cm³/mol. The number of aryl methyl sites for hydroxylation is 1. The molecule has 0 atom stereocenters. The summed E-state index contributed by atoms with van der Waals surface area (Å²) < 4.78 is 11.4. The number of hydrogen-bond acceptors (Lipinski definition) is 6. The monoisotopic (exact) mass is 461 g/mol. The van der Waals surface area contributed by atoms with E-state index in [9.17, 15) is 9.90 Å². The highest BCUT2D eigenvalue weighted by molar-refractivity contribution is 7.80. The number of nitrogens with one attached hydrogen (secondary N) is 2. The van der Waals surface area contributed by atoms with Crippen LogP contribution < -0.4 is 15.4 Å². The number of fused-ring (bicyclic) bond motifs is 1.